The van der Waals surface area contributed by atoms with Crippen molar-refractivity contribution >= 4 is 11.8 Å². The molecule has 0 heterocycles. The number of carboxylic acids is 1. The average Bonchev–Trinajstić information content (AvgIpc) is 1.97. The molecule has 11 heteroatoms. The van der Waals surface area contributed by atoms with E-state index >= 15 is 0 Å². The third-order valence-electron chi connectivity index (χ3n) is 1.11. The molecule has 16 heavy (non-hydrogen) atoms. The first-order chi connectivity index (χ1) is 6.81. The second kappa shape index (κ2) is 3.88. The van der Waals surface area contributed by atoms with E-state index in [4.69, 9.17) is 5.11 Å². The Hall–Kier alpha value is -1.39. The van der Waals surface area contributed by atoms with E-state index in [1.807, 2.05) is 4.74 Å². The molecule has 0 aliphatic carbocycles. The van der Waals surface area contributed by atoms with Crippen LogP contribution >= 0.6 is 0 Å². The Balaban J connectivity index is 5.39. The number of carbonyl (C=O) groups excluding carboxylic acids is 1. The number of carboxylic acid groups (broad SMARTS) is 1. The lowest BCUT2D eigenvalue weighted by Gasteiger charge is -2.25. The summed E-state index contributed by atoms with van der Waals surface area (Å²) in [6, 6.07) is 0. The van der Waals surface area contributed by atoms with Crippen LogP contribution in [0.15, 0.2) is 0 Å². The molecule has 0 bridgehead atoms. The number of alkyl halides is 7. The Morgan fingerprint density at radius 2 is 1.31 bits per heavy atom. The number of hydrogen-bond acceptors (Lipinski definition) is 3. The lowest BCUT2D eigenvalue weighted by molar-refractivity contribution is -0.431. The predicted molar refractivity (Wildman–Crippen MR) is 29.7 cm³/mol. The van der Waals surface area contributed by atoms with Crippen molar-refractivity contribution in [2.24, 2.45) is 0 Å². The zero-order valence-electron chi connectivity index (χ0n) is 6.82. The van der Waals surface area contributed by atoms with Gasteiger partial charge in [-0.1, -0.05) is 0 Å². The number of carbonyl (C=O) groups is 2. The van der Waals surface area contributed by atoms with Crippen molar-refractivity contribution in [1.29, 1.82) is 0 Å². The molecule has 0 saturated carbocycles. The van der Waals surface area contributed by atoms with Gasteiger partial charge in [-0.3, -0.25) is 4.79 Å². The number of aliphatic carboxylic acids is 1. The minimum atomic E-state index is -6.47. The van der Waals surface area contributed by atoms with E-state index in [0.717, 1.165) is 0 Å². The van der Waals surface area contributed by atoms with Crippen molar-refractivity contribution in [3.05, 3.63) is 0 Å². The lowest BCUT2D eigenvalue weighted by atomic mass is 10.2. The molecule has 1 unspecified atom stereocenters. The Kier molecular flexibility index (Phi) is 3.55. The molecule has 0 aromatic heterocycles. The van der Waals surface area contributed by atoms with Crippen molar-refractivity contribution < 1.29 is 50.2 Å². The Morgan fingerprint density at radius 3 is 1.50 bits per heavy atom. The van der Waals surface area contributed by atoms with Crippen LogP contribution in [0.25, 0.3) is 0 Å². The van der Waals surface area contributed by atoms with Gasteiger partial charge in [-0.05, 0) is 0 Å². The molecule has 1 atom stereocenters. The molecular weight excluding hydrogens is 257 g/mol. The number of hydrogen-bond donors (Lipinski definition) is 1. The summed E-state index contributed by atoms with van der Waals surface area (Å²) >= 11 is 0. The highest BCUT2D eigenvalue weighted by Gasteiger charge is 2.69. The van der Waals surface area contributed by atoms with Gasteiger partial charge in [0.15, 0.2) is 0 Å². The quantitative estimate of drug-likeness (QED) is 0.614. The van der Waals surface area contributed by atoms with E-state index < -0.39 is 30.1 Å². The van der Waals surface area contributed by atoms with Gasteiger partial charge in [0.1, 0.15) is 0 Å². The van der Waals surface area contributed by atoms with Crippen LogP contribution in [0.2, 0.25) is 0 Å². The van der Waals surface area contributed by atoms with Crippen molar-refractivity contribution in [2.45, 2.75) is 18.4 Å². The topological polar surface area (TPSA) is 63.6 Å². The van der Waals surface area contributed by atoms with E-state index in [9.17, 15) is 40.3 Å². The molecule has 0 aromatic carbocycles. The van der Waals surface area contributed by atoms with Crippen LogP contribution in [0.4, 0.5) is 30.7 Å². The zero-order valence-corrected chi connectivity index (χ0v) is 6.82. The number of ketones is 1. The van der Waals surface area contributed by atoms with Crippen LogP contribution in [0.1, 0.15) is 0 Å². The summed E-state index contributed by atoms with van der Waals surface area (Å²) in [7, 11) is 0. The van der Waals surface area contributed by atoms with Crippen molar-refractivity contribution in [3.8, 4) is 0 Å². The molecule has 94 valence electrons. The first-order valence-electron chi connectivity index (χ1n) is 3.11. The number of Topliss-reactive ketones (excluding diaryl/α,β-unsaturated/α-hetero) is 1. The Morgan fingerprint density at radius 1 is 0.938 bits per heavy atom. The van der Waals surface area contributed by atoms with Gasteiger partial charge in [0.2, 0.25) is 0 Å². The first-order valence-corrected chi connectivity index (χ1v) is 3.11. The van der Waals surface area contributed by atoms with Crippen LogP contribution in [-0.2, 0) is 14.3 Å². The summed E-state index contributed by atoms with van der Waals surface area (Å²) in [4.78, 5) is 19.9. The summed E-state index contributed by atoms with van der Waals surface area (Å²) in [6.07, 6.45) is -12.6. The number of halogens is 7. The second-order valence-electron chi connectivity index (χ2n) is 2.28. The lowest BCUT2D eigenvalue weighted by Crippen LogP contribution is -2.55. The summed E-state index contributed by atoms with van der Waals surface area (Å²) in [5, 5.41) is 7.74. The Labute approximate surface area is 81.6 Å². The largest absolute Gasteiger partial charge is 0.525 e. The van der Waals surface area contributed by atoms with E-state index in [2.05, 4.69) is 0 Å². The van der Waals surface area contributed by atoms with Gasteiger partial charge in [0.05, 0.1) is 0 Å². The van der Waals surface area contributed by atoms with E-state index in [1.54, 1.807) is 0 Å². The maximum atomic E-state index is 12.6. The van der Waals surface area contributed by atoms with Gasteiger partial charge in [0.25, 0.3) is 0 Å². The van der Waals surface area contributed by atoms with Crippen LogP contribution in [0, 0.1) is 0 Å². The molecule has 4 nitrogen and oxygen atoms in total. The minimum Gasteiger partial charge on any atom is -0.475 e. The molecule has 1 N–H and O–H groups in total. The van der Waals surface area contributed by atoms with Gasteiger partial charge in [-0.15, -0.1) is 13.2 Å². The van der Waals surface area contributed by atoms with Crippen molar-refractivity contribution in [1.82, 2.24) is 0 Å². The summed E-state index contributed by atoms with van der Waals surface area (Å²) in [5.41, 5.74) is 0. The van der Waals surface area contributed by atoms with Crippen LogP contribution < -0.4 is 0 Å². The van der Waals surface area contributed by atoms with Crippen LogP contribution in [0.3, 0.4) is 0 Å². The number of rotatable bonds is 3. The normalized spacial score (nSPS) is 16.7. The first kappa shape index (κ1) is 14.6. The number of ether oxygens (including phenoxy) is 1. The predicted octanol–water partition coefficient (Wildman–Crippen LogP) is 1.40. The third kappa shape index (κ3) is 3.05. The van der Waals surface area contributed by atoms with Gasteiger partial charge in [0, 0.05) is 0 Å². The van der Waals surface area contributed by atoms with Crippen molar-refractivity contribution in [2.75, 3.05) is 0 Å². The molecular formula is C5HF7O4. The Bertz CT molecular complexity index is 305. The minimum absolute atomic E-state index is 1.89. The monoisotopic (exact) mass is 258 g/mol. The highest BCUT2D eigenvalue weighted by Crippen LogP contribution is 2.40. The van der Waals surface area contributed by atoms with Crippen molar-refractivity contribution in [3.63, 3.8) is 0 Å². The van der Waals surface area contributed by atoms with Gasteiger partial charge in [-0.25, -0.2) is 9.53 Å². The van der Waals surface area contributed by atoms with Gasteiger partial charge < -0.3 is 5.11 Å². The third-order valence-corrected chi connectivity index (χ3v) is 1.11. The van der Waals surface area contributed by atoms with E-state index in [1.165, 1.54) is 0 Å². The fourth-order valence-electron chi connectivity index (χ4n) is 0.530. The molecule has 0 aliphatic rings. The molecule has 0 spiro atoms. The molecule has 0 rings (SSSR count). The summed E-state index contributed by atoms with van der Waals surface area (Å²) in [5.74, 6) is -12.4. The van der Waals surface area contributed by atoms with Gasteiger partial charge in [-0.2, -0.15) is 17.6 Å². The molecule has 0 radical (unpaired) electrons. The SMILES string of the molecule is O=C(O)C(=O)C(F)(OC(F)(F)F)C(F)(F)F. The average molecular weight is 258 g/mol. The van der Waals surface area contributed by atoms with E-state index in [-0.39, 0.29) is 0 Å². The van der Waals surface area contributed by atoms with Crippen LogP contribution in [0.5, 0.6) is 0 Å². The summed E-state index contributed by atoms with van der Waals surface area (Å²) in [6.45, 7) is 0. The maximum absolute atomic E-state index is 12.6. The van der Waals surface area contributed by atoms with Gasteiger partial charge >= 0.3 is 30.1 Å². The fraction of sp³-hybridized carbons (Fsp3) is 0.600. The molecule has 0 aromatic rings. The second-order valence-corrected chi connectivity index (χ2v) is 2.28. The molecule has 0 saturated heterocycles. The van der Waals surface area contributed by atoms with Crippen LogP contribution in [-0.4, -0.2) is 35.3 Å². The smallest absolute Gasteiger partial charge is 0.475 e. The highest BCUT2D eigenvalue weighted by molar-refractivity contribution is 6.35. The highest BCUT2D eigenvalue weighted by atomic mass is 19.4. The van der Waals surface area contributed by atoms with E-state index in [0.29, 0.717) is 0 Å². The molecule has 0 aliphatic heterocycles. The molecule has 0 amide bonds. The fourth-order valence-corrected chi connectivity index (χ4v) is 0.530. The zero-order chi connectivity index (χ0) is 13.4. The molecule has 0 fully saturated rings. The standard InChI is InChI=1S/C5HF7O4/c6-3(4(7,8)9,1(13)2(14)15)16-5(10,11)12/h(H,14,15). The summed E-state index contributed by atoms with van der Waals surface area (Å²) < 4.78 is 84.0. The maximum Gasteiger partial charge on any atom is 0.525 e.